The van der Waals surface area contributed by atoms with E-state index in [9.17, 15) is 13.2 Å². The summed E-state index contributed by atoms with van der Waals surface area (Å²) in [6.45, 7) is 0.605. The van der Waals surface area contributed by atoms with Gasteiger partial charge in [0.05, 0.1) is 36.0 Å². The fraction of sp³-hybridized carbons (Fsp3) is 0.438. The number of benzene rings is 1. The number of fused-ring (bicyclic) bond motifs is 1. The molecule has 2 heterocycles. The van der Waals surface area contributed by atoms with E-state index in [0.717, 1.165) is 0 Å². The van der Waals surface area contributed by atoms with Crippen LogP contribution in [0.1, 0.15) is 10.4 Å². The van der Waals surface area contributed by atoms with Gasteiger partial charge in [-0.25, -0.2) is 12.7 Å². The first kappa shape index (κ1) is 17.7. The maximum absolute atomic E-state index is 12.5. The molecule has 1 fully saturated rings. The number of carbonyl (C=O) groups excluding carboxylic acids is 1. The van der Waals surface area contributed by atoms with Gasteiger partial charge in [-0.05, 0) is 18.2 Å². The molecule has 1 aliphatic heterocycles. The summed E-state index contributed by atoms with van der Waals surface area (Å²) in [6.07, 6.45) is 3.16. The molecule has 0 radical (unpaired) electrons. The van der Waals surface area contributed by atoms with Crippen molar-refractivity contribution in [1.82, 2.24) is 19.6 Å². The molecule has 1 N–H and O–H groups in total. The van der Waals surface area contributed by atoms with E-state index in [0.29, 0.717) is 29.8 Å². The molecule has 0 bridgehead atoms. The minimum atomic E-state index is -3.36. The van der Waals surface area contributed by atoms with Crippen molar-refractivity contribution in [1.29, 1.82) is 0 Å². The van der Waals surface area contributed by atoms with Crippen LogP contribution in [0.3, 0.4) is 0 Å². The third-order valence-corrected chi connectivity index (χ3v) is 6.19. The van der Waals surface area contributed by atoms with Gasteiger partial charge in [-0.15, -0.1) is 0 Å². The summed E-state index contributed by atoms with van der Waals surface area (Å²) in [5, 5.41) is 2.88. The second-order valence-corrected chi connectivity index (χ2v) is 8.43. The lowest BCUT2D eigenvalue weighted by atomic mass is 10.1. The molecular weight excluding hydrogens is 344 g/mol. The van der Waals surface area contributed by atoms with Crippen molar-refractivity contribution in [3.8, 4) is 0 Å². The smallest absolute Gasteiger partial charge is 0.251 e. The highest BCUT2D eigenvalue weighted by atomic mass is 32.2. The largest absolute Gasteiger partial charge is 0.379 e. The topological polar surface area (TPSA) is 101 Å². The lowest BCUT2D eigenvalue weighted by Gasteiger charge is -2.21. The van der Waals surface area contributed by atoms with Crippen LogP contribution in [0.5, 0.6) is 0 Å². The first-order valence-electron chi connectivity index (χ1n) is 7.86. The number of hydrogen-bond acceptors (Lipinski definition) is 6. The molecule has 9 heteroatoms. The summed E-state index contributed by atoms with van der Waals surface area (Å²) < 4.78 is 30.7. The van der Waals surface area contributed by atoms with E-state index in [1.54, 1.807) is 30.6 Å². The molecule has 1 aromatic carbocycles. The summed E-state index contributed by atoms with van der Waals surface area (Å²) in [6, 6.07) is 4.73. The number of aromatic nitrogens is 2. The predicted molar refractivity (Wildman–Crippen MR) is 92.6 cm³/mol. The van der Waals surface area contributed by atoms with Crippen molar-refractivity contribution in [2.75, 3.05) is 33.1 Å². The lowest BCUT2D eigenvalue weighted by Crippen LogP contribution is -2.43. The molecule has 1 amide bonds. The summed E-state index contributed by atoms with van der Waals surface area (Å²) in [7, 11) is -0.370. The predicted octanol–water partition coefficient (Wildman–Crippen LogP) is 0.266. The van der Waals surface area contributed by atoms with Crippen molar-refractivity contribution in [2.45, 2.75) is 6.04 Å². The Balaban J connectivity index is 1.72. The Morgan fingerprint density at radius 2 is 1.96 bits per heavy atom. The van der Waals surface area contributed by atoms with Crippen LogP contribution in [-0.2, 0) is 14.8 Å². The molecule has 1 saturated heterocycles. The number of nitrogens with one attached hydrogen (secondary N) is 1. The molecule has 1 aromatic heterocycles. The second-order valence-electron chi connectivity index (χ2n) is 6.20. The van der Waals surface area contributed by atoms with E-state index < -0.39 is 10.0 Å². The third kappa shape index (κ3) is 3.94. The Bertz CT molecular complexity index is 885. The van der Waals surface area contributed by atoms with Gasteiger partial charge in [-0.2, -0.15) is 0 Å². The lowest BCUT2D eigenvalue weighted by molar-refractivity contribution is 0.0926. The third-order valence-electron chi connectivity index (χ3n) is 4.23. The Morgan fingerprint density at radius 1 is 1.24 bits per heavy atom. The Morgan fingerprint density at radius 3 is 2.68 bits per heavy atom. The van der Waals surface area contributed by atoms with Gasteiger partial charge in [-0.3, -0.25) is 14.8 Å². The average Bonchev–Trinajstić information content (AvgIpc) is 3.00. The number of rotatable bonds is 5. The van der Waals surface area contributed by atoms with Crippen LogP contribution in [0.4, 0.5) is 0 Å². The molecular formula is C16H20N4O4S. The zero-order valence-electron chi connectivity index (χ0n) is 14.0. The minimum Gasteiger partial charge on any atom is -0.379 e. The van der Waals surface area contributed by atoms with E-state index in [2.05, 4.69) is 15.3 Å². The zero-order chi connectivity index (χ0) is 18.0. The van der Waals surface area contributed by atoms with Crippen molar-refractivity contribution in [3.63, 3.8) is 0 Å². The highest BCUT2D eigenvalue weighted by molar-refractivity contribution is 7.89. The normalized spacial score (nSPS) is 20.9. The van der Waals surface area contributed by atoms with E-state index in [1.165, 1.54) is 18.4 Å². The molecule has 2 aromatic rings. The van der Waals surface area contributed by atoms with Crippen molar-refractivity contribution in [3.05, 3.63) is 36.2 Å². The van der Waals surface area contributed by atoms with E-state index in [-0.39, 0.29) is 23.6 Å². The number of amides is 1. The molecule has 8 nitrogen and oxygen atoms in total. The fourth-order valence-electron chi connectivity index (χ4n) is 2.70. The summed E-state index contributed by atoms with van der Waals surface area (Å²) in [5.74, 6) is -0.624. The first-order valence-corrected chi connectivity index (χ1v) is 9.47. The highest BCUT2D eigenvalue weighted by Gasteiger charge is 2.34. The standard InChI is InChI=1S/C16H20N4O4S/c1-20(2)25(22,23)10-12-8-24-9-15(12)19-16(21)11-3-4-13-14(7-11)18-6-5-17-13/h3-7,12,15H,8-10H2,1-2H3,(H,19,21)/t12-,15+/m0/s1. The maximum Gasteiger partial charge on any atom is 0.251 e. The Kier molecular flexibility index (Phi) is 4.98. The highest BCUT2D eigenvalue weighted by Crippen LogP contribution is 2.18. The van der Waals surface area contributed by atoms with E-state index >= 15 is 0 Å². The quantitative estimate of drug-likeness (QED) is 0.817. The second kappa shape index (κ2) is 7.03. The molecule has 3 rings (SSSR count). The van der Waals surface area contributed by atoms with Gasteiger partial charge >= 0.3 is 0 Å². The first-order chi connectivity index (χ1) is 11.9. The summed E-state index contributed by atoms with van der Waals surface area (Å²) >= 11 is 0. The minimum absolute atomic E-state index is 0.0614. The SMILES string of the molecule is CN(C)S(=O)(=O)C[C@@H]1COC[C@H]1NC(=O)c1ccc2nccnc2c1. The Labute approximate surface area is 146 Å². The van der Waals surface area contributed by atoms with Gasteiger partial charge in [0.25, 0.3) is 5.91 Å². The van der Waals surface area contributed by atoms with Crippen LogP contribution >= 0.6 is 0 Å². The fourth-order valence-corrected chi connectivity index (χ4v) is 3.87. The number of hydrogen-bond donors (Lipinski definition) is 1. The van der Waals surface area contributed by atoms with E-state index in [4.69, 9.17) is 4.74 Å². The van der Waals surface area contributed by atoms with Gasteiger partial charge in [0.1, 0.15) is 0 Å². The molecule has 2 atom stereocenters. The number of nitrogens with zero attached hydrogens (tertiary/aromatic N) is 3. The molecule has 0 unspecified atom stereocenters. The zero-order valence-corrected chi connectivity index (χ0v) is 14.9. The van der Waals surface area contributed by atoms with Crippen molar-refractivity contribution < 1.29 is 17.9 Å². The Hall–Kier alpha value is -2.10. The maximum atomic E-state index is 12.5. The van der Waals surface area contributed by atoms with Crippen LogP contribution in [0.25, 0.3) is 11.0 Å². The van der Waals surface area contributed by atoms with Gasteiger partial charge in [0, 0.05) is 38.0 Å². The van der Waals surface area contributed by atoms with Crippen molar-refractivity contribution >= 4 is 27.0 Å². The summed E-state index contributed by atoms with van der Waals surface area (Å²) in [4.78, 5) is 20.9. The van der Waals surface area contributed by atoms with Gasteiger partial charge in [0.15, 0.2) is 0 Å². The van der Waals surface area contributed by atoms with Crippen LogP contribution in [-0.4, -0.2) is 67.7 Å². The number of sulfonamides is 1. The molecule has 0 aliphatic carbocycles. The van der Waals surface area contributed by atoms with Crippen LogP contribution in [0.2, 0.25) is 0 Å². The van der Waals surface area contributed by atoms with Gasteiger partial charge < -0.3 is 10.1 Å². The van der Waals surface area contributed by atoms with Crippen LogP contribution in [0, 0.1) is 5.92 Å². The van der Waals surface area contributed by atoms with Crippen molar-refractivity contribution in [2.24, 2.45) is 5.92 Å². The average molecular weight is 364 g/mol. The summed E-state index contributed by atoms with van der Waals surface area (Å²) in [5.41, 5.74) is 1.79. The number of ether oxygens (including phenoxy) is 1. The van der Waals surface area contributed by atoms with Gasteiger partial charge in [-0.1, -0.05) is 0 Å². The number of carbonyl (C=O) groups is 1. The van der Waals surface area contributed by atoms with E-state index in [1.807, 2.05) is 0 Å². The molecule has 25 heavy (non-hydrogen) atoms. The molecule has 1 aliphatic rings. The van der Waals surface area contributed by atoms with Gasteiger partial charge in [0.2, 0.25) is 10.0 Å². The molecule has 134 valence electrons. The van der Waals surface area contributed by atoms with Crippen LogP contribution in [0.15, 0.2) is 30.6 Å². The monoisotopic (exact) mass is 364 g/mol. The molecule has 0 saturated carbocycles. The molecule has 0 spiro atoms. The van der Waals surface area contributed by atoms with Crippen LogP contribution < -0.4 is 5.32 Å².